The number of para-hydroxylation sites is 1. The summed E-state index contributed by atoms with van der Waals surface area (Å²) in [5.41, 5.74) is 1.95. The third kappa shape index (κ3) is 1.64. The minimum absolute atomic E-state index is 0.138. The van der Waals surface area contributed by atoms with E-state index in [0.717, 1.165) is 29.6 Å². The number of hydrogen-bond acceptors (Lipinski definition) is 1. The van der Waals surface area contributed by atoms with Crippen LogP contribution in [-0.2, 0) is 0 Å². The number of hydrogen-bond donors (Lipinski definition) is 0. The number of rotatable bonds is 1. The molecule has 0 spiro atoms. The van der Waals surface area contributed by atoms with Crippen molar-refractivity contribution in [3.63, 3.8) is 0 Å². The van der Waals surface area contributed by atoms with Crippen LogP contribution in [-0.4, -0.2) is 5.38 Å². The fourth-order valence-corrected chi connectivity index (χ4v) is 2.55. The number of allylic oxidation sites excluding steroid dienone is 2. The SMILES string of the molecule is Clc1cccc2cc(C3=CC(Cl)CC3)oc12. The fraction of sp³-hybridized carbons (Fsp3) is 0.231. The molecule has 1 heterocycles. The van der Waals surface area contributed by atoms with Crippen molar-refractivity contribution in [2.45, 2.75) is 18.2 Å². The smallest absolute Gasteiger partial charge is 0.153 e. The van der Waals surface area contributed by atoms with Gasteiger partial charge in [-0.25, -0.2) is 0 Å². The predicted molar refractivity (Wildman–Crippen MR) is 68.1 cm³/mol. The zero-order valence-electron chi connectivity index (χ0n) is 8.54. The Hall–Kier alpha value is -0.920. The summed E-state index contributed by atoms with van der Waals surface area (Å²) in [6.45, 7) is 0. The zero-order chi connectivity index (χ0) is 11.1. The van der Waals surface area contributed by atoms with Crippen LogP contribution in [0.2, 0.25) is 5.02 Å². The molecule has 1 atom stereocenters. The quantitative estimate of drug-likeness (QED) is 0.660. The number of benzene rings is 1. The lowest BCUT2D eigenvalue weighted by Crippen LogP contribution is -1.81. The third-order valence-electron chi connectivity index (χ3n) is 2.88. The number of fused-ring (bicyclic) bond motifs is 1. The average molecular weight is 253 g/mol. The fourth-order valence-electron chi connectivity index (χ4n) is 2.07. The highest BCUT2D eigenvalue weighted by Crippen LogP contribution is 2.35. The number of furan rings is 1. The van der Waals surface area contributed by atoms with Gasteiger partial charge in [0, 0.05) is 5.39 Å². The molecule has 1 aromatic carbocycles. The van der Waals surface area contributed by atoms with E-state index in [0.29, 0.717) is 5.02 Å². The van der Waals surface area contributed by atoms with E-state index in [4.69, 9.17) is 27.6 Å². The van der Waals surface area contributed by atoms with Crippen molar-refractivity contribution < 1.29 is 4.42 Å². The van der Waals surface area contributed by atoms with Crippen molar-refractivity contribution in [3.8, 4) is 0 Å². The van der Waals surface area contributed by atoms with Crippen molar-refractivity contribution in [2.24, 2.45) is 0 Å². The van der Waals surface area contributed by atoms with E-state index >= 15 is 0 Å². The van der Waals surface area contributed by atoms with E-state index in [2.05, 4.69) is 6.08 Å². The largest absolute Gasteiger partial charge is 0.455 e. The third-order valence-corrected chi connectivity index (χ3v) is 3.53. The number of halogens is 2. The minimum Gasteiger partial charge on any atom is -0.455 e. The first-order chi connectivity index (χ1) is 7.74. The molecule has 1 aliphatic rings. The summed E-state index contributed by atoms with van der Waals surface area (Å²) in [6, 6.07) is 7.80. The van der Waals surface area contributed by atoms with Gasteiger partial charge in [0.05, 0.1) is 10.4 Å². The van der Waals surface area contributed by atoms with Crippen LogP contribution in [0.25, 0.3) is 16.5 Å². The highest BCUT2D eigenvalue weighted by Gasteiger charge is 2.18. The van der Waals surface area contributed by atoms with E-state index < -0.39 is 0 Å². The molecule has 82 valence electrons. The lowest BCUT2D eigenvalue weighted by molar-refractivity contribution is 0.597. The minimum atomic E-state index is 0.138. The summed E-state index contributed by atoms with van der Waals surface area (Å²) in [6.07, 6.45) is 4.03. The van der Waals surface area contributed by atoms with Gasteiger partial charge in [0.2, 0.25) is 0 Å². The van der Waals surface area contributed by atoms with Gasteiger partial charge in [0.1, 0.15) is 5.76 Å². The molecule has 2 aromatic rings. The van der Waals surface area contributed by atoms with Crippen molar-refractivity contribution in [1.82, 2.24) is 0 Å². The van der Waals surface area contributed by atoms with Crippen LogP contribution in [0.5, 0.6) is 0 Å². The molecule has 0 amide bonds. The molecule has 0 saturated carbocycles. The normalized spacial score (nSPS) is 20.4. The molecule has 0 fully saturated rings. The highest BCUT2D eigenvalue weighted by atomic mass is 35.5. The lowest BCUT2D eigenvalue weighted by atomic mass is 10.1. The average Bonchev–Trinajstić information content (AvgIpc) is 2.84. The Labute approximate surface area is 104 Å². The summed E-state index contributed by atoms with van der Waals surface area (Å²) in [4.78, 5) is 0. The van der Waals surface area contributed by atoms with Gasteiger partial charge in [-0.05, 0) is 30.5 Å². The molecule has 1 unspecified atom stereocenters. The van der Waals surface area contributed by atoms with E-state index in [1.54, 1.807) is 0 Å². The first kappa shape index (κ1) is 10.2. The molecule has 0 N–H and O–H groups in total. The van der Waals surface area contributed by atoms with Crippen LogP contribution in [0.4, 0.5) is 0 Å². The van der Waals surface area contributed by atoms with Gasteiger partial charge in [-0.1, -0.05) is 29.8 Å². The predicted octanol–water partition coefficient (Wildman–Crippen LogP) is 4.87. The Kier molecular flexibility index (Phi) is 2.45. The zero-order valence-corrected chi connectivity index (χ0v) is 10.1. The molecular weight excluding hydrogens is 243 g/mol. The second-order valence-corrected chi connectivity index (χ2v) is 4.98. The summed E-state index contributed by atoms with van der Waals surface area (Å²) in [5.74, 6) is 0.895. The van der Waals surface area contributed by atoms with Crippen LogP contribution in [0.1, 0.15) is 18.6 Å². The summed E-state index contributed by atoms with van der Waals surface area (Å²) < 4.78 is 5.77. The first-order valence-electron chi connectivity index (χ1n) is 5.27. The standard InChI is InChI=1S/C13H10Cl2O/c14-10-5-4-8(6-10)12-7-9-2-1-3-11(15)13(9)16-12/h1-3,6-7,10H,4-5H2. The van der Waals surface area contributed by atoms with Gasteiger partial charge in [0.15, 0.2) is 5.58 Å². The van der Waals surface area contributed by atoms with Crippen molar-refractivity contribution >= 4 is 39.7 Å². The van der Waals surface area contributed by atoms with Gasteiger partial charge >= 0.3 is 0 Å². The Morgan fingerprint density at radius 1 is 1.31 bits per heavy atom. The van der Waals surface area contributed by atoms with Crippen LogP contribution in [0.15, 0.2) is 34.8 Å². The van der Waals surface area contributed by atoms with Crippen LogP contribution >= 0.6 is 23.2 Å². The molecular formula is C13H10Cl2O. The second kappa shape index (κ2) is 3.83. The summed E-state index contributed by atoms with van der Waals surface area (Å²) in [5, 5.41) is 1.84. The maximum atomic E-state index is 6.07. The van der Waals surface area contributed by atoms with Crippen LogP contribution in [0, 0.1) is 0 Å². The number of alkyl halides is 1. The highest BCUT2D eigenvalue weighted by molar-refractivity contribution is 6.34. The summed E-state index contributed by atoms with van der Waals surface area (Å²) >= 11 is 12.1. The van der Waals surface area contributed by atoms with E-state index in [9.17, 15) is 0 Å². The van der Waals surface area contributed by atoms with Gasteiger partial charge in [-0.2, -0.15) is 0 Å². The summed E-state index contributed by atoms with van der Waals surface area (Å²) in [7, 11) is 0. The molecule has 0 saturated heterocycles. The molecule has 1 nitrogen and oxygen atoms in total. The van der Waals surface area contributed by atoms with Crippen molar-refractivity contribution in [2.75, 3.05) is 0 Å². The van der Waals surface area contributed by atoms with E-state index in [1.165, 1.54) is 5.57 Å². The van der Waals surface area contributed by atoms with E-state index in [1.807, 2.05) is 24.3 Å². The van der Waals surface area contributed by atoms with Gasteiger partial charge in [0.25, 0.3) is 0 Å². The second-order valence-electron chi connectivity index (χ2n) is 4.02. The lowest BCUT2D eigenvalue weighted by Gasteiger charge is -1.94. The van der Waals surface area contributed by atoms with Gasteiger partial charge < -0.3 is 4.42 Å². The Bertz CT molecular complexity index is 568. The first-order valence-corrected chi connectivity index (χ1v) is 6.09. The Balaban J connectivity index is 2.12. The molecule has 1 aromatic heterocycles. The molecule has 3 heteroatoms. The van der Waals surface area contributed by atoms with Crippen molar-refractivity contribution in [3.05, 3.63) is 41.1 Å². The van der Waals surface area contributed by atoms with E-state index in [-0.39, 0.29) is 5.38 Å². The molecule has 1 aliphatic carbocycles. The molecule has 16 heavy (non-hydrogen) atoms. The molecule has 0 aliphatic heterocycles. The molecule has 0 bridgehead atoms. The van der Waals surface area contributed by atoms with Crippen LogP contribution < -0.4 is 0 Å². The monoisotopic (exact) mass is 252 g/mol. The van der Waals surface area contributed by atoms with Crippen LogP contribution in [0.3, 0.4) is 0 Å². The molecule has 3 rings (SSSR count). The Morgan fingerprint density at radius 2 is 2.19 bits per heavy atom. The van der Waals surface area contributed by atoms with Crippen molar-refractivity contribution in [1.29, 1.82) is 0 Å². The topological polar surface area (TPSA) is 13.1 Å². The molecule has 0 radical (unpaired) electrons. The maximum absolute atomic E-state index is 6.07. The van der Waals surface area contributed by atoms with Gasteiger partial charge in [-0.15, -0.1) is 11.6 Å². The van der Waals surface area contributed by atoms with Gasteiger partial charge in [-0.3, -0.25) is 0 Å². The maximum Gasteiger partial charge on any atom is 0.153 e. The Morgan fingerprint density at radius 3 is 2.88 bits per heavy atom.